The van der Waals surface area contributed by atoms with Crippen molar-refractivity contribution < 1.29 is 18.0 Å². The number of piperazine rings is 1. The van der Waals surface area contributed by atoms with Crippen LogP contribution < -0.4 is 15.5 Å². The van der Waals surface area contributed by atoms with Crippen LogP contribution in [0.25, 0.3) is 27.7 Å². The second-order valence-corrected chi connectivity index (χ2v) is 11.3. The lowest BCUT2D eigenvalue weighted by atomic mass is 9.98. The molecule has 1 amide bonds. The van der Waals surface area contributed by atoms with Crippen molar-refractivity contribution in [1.29, 1.82) is 0 Å². The zero-order chi connectivity index (χ0) is 30.7. The van der Waals surface area contributed by atoms with Gasteiger partial charge in [-0.3, -0.25) is 14.3 Å². The highest BCUT2D eigenvalue weighted by Gasteiger charge is 2.39. The average molecular weight is 589 g/mol. The number of amides is 1. The molecule has 4 heterocycles. The van der Waals surface area contributed by atoms with Crippen LogP contribution in [0.3, 0.4) is 0 Å². The van der Waals surface area contributed by atoms with E-state index in [0.717, 1.165) is 10.6 Å². The molecule has 1 saturated heterocycles. The molecule has 2 aromatic heterocycles. The Balaban J connectivity index is 1.77. The highest BCUT2D eigenvalue weighted by Crippen LogP contribution is 2.46. The second kappa shape index (κ2) is 10.6. The standard InChI is InChI=1S/C32H31F3N6O2/c1-6-22(42)39-13-14-40-19(16-39)15-38(5)29-24-30(26(35)23(25(29)34)20-9-7-8-10-21(20)33)41(32(43)37-31(24)40)28-18(4)11-12-36-27(28)17(2)3/h6-12,17,19H,1,13-16H2,2-5H3. The highest BCUT2D eigenvalue weighted by molar-refractivity contribution is 6.05. The zero-order valence-electron chi connectivity index (χ0n) is 24.4. The predicted molar refractivity (Wildman–Crippen MR) is 160 cm³/mol. The Morgan fingerprint density at radius 1 is 1.07 bits per heavy atom. The fourth-order valence-corrected chi connectivity index (χ4v) is 6.36. The molecule has 2 aliphatic heterocycles. The van der Waals surface area contributed by atoms with Crippen molar-refractivity contribution >= 4 is 28.3 Å². The third-order valence-electron chi connectivity index (χ3n) is 8.34. The van der Waals surface area contributed by atoms with Crippen LogP contribution in [0.2, 0.25) is 0 Å². The van der Waals surface area contributed by atoms with Gasteiger partial charge in [-0.15, -0.1) is 0 Å². The number of carbonyl (C=O) groups is 1. The molecule has 0 spiro atoms. The summed E-state index contributed by atoms with van der Waals surface area (Å²) >= 11 is 0. The van der Waals surface area contributed by atoms with E-state index in [2.05, 4.69) is 16.5 Å². The molecule has 4 aromatic rings. The smallest absolute Gasteiger partial charge is 0.354 e. The SMILES string of the molecule is C=CC(=O)N1CCN2c3nc(=O)n(-c4c(C)ccnc4C(C)C)c4c(F)c(-c5ccccc5F)c(F)c(c34)N(C)CC2C1. The third-order valence-corrected chi connectivity index (χ3v) is 8.34. The van der Waals surface area contributed by atoms with E-state index in [4.69, 9.17) is 0 Å². The molecular formula is C32H31F3N6O2. The minimum Gasteiger partial charge on any atom is -0.369 e. The van der Waals surface area contributed by atoms with E-state index < -0.39 is 34.7 Å². The molecule has 6 rings (SSSR count). The number of halogens is 3. The first-order valence-electron chi connectivity index (χ1n) is 14.1. The van der Waals surface area contributed by atoms with Crippen LogP contribution in [0.1, 0.15) is 31.0 Å². The van der Waals surface area contributed by atoms with Crippen LogP contribution in [-0.2, 0) is 4.79 Å². The fraction of sp³-hybridized carbons (Fsp3) is 0.312. The van der Waals surface area contributed by atoms with E-state index in [1.54, 1.807) is 36.0 Å². The lowest BCUT2D eigenvalue weighted by molar-refractivity contribution is -0.126. The van der Waals surface area contributed by atoms with Gasteiger partial charge in [-0.1, -0.05) is 38.6 Å². The second-order valence-electron chi connectivity index (χ2n) is 11.3. The maximum absolute atomic E-state index is 17.1. The number of likely N-dealkylation sites (N-methyl/N-ethyl adjacent to an activating group) is 1. The fourth-order valence-electron chi connectivity index (χ4n) is 6.36. The molecule has 2 aromatic carbocycles. The number of rotatable bonds is 4. The molecule has 2 aliphatic rings. The minimum absolute atomic E-state index is 0.00506. The largest absolute Gasteiger partial charge is 0.369 e. The van der Waals surface area contributed by atoms with Gasteiger partial charge in [0.1, 0.15) is 17.2 Å². The van der Waals surface area contributed by atoms with Crippen LogP contribution in [-0.4, -0.2) is 64.6 Å². The van der Waals surface area contributed by atoms with Crippen molar-refractivity contribution in [1.82, 2.24) is 19.4 Å². The molecule has 8 nitrogen and oxygen atoms in total. The monoisotopic (exact) mass is 588 g/mol. The summed E-state index contributed by atoms with van der Waals surface area (Å²) < 4.78 is 50.2. The van der Waals surface area contributed by atoms with Gasteiger partial charge >= 0.3 is 5.69 Å². The molecule has 0 aliphatic carbocycles. The van der Waals surface area contributed by atoms with Gasteiger partial charge in [-0.2, -0.15) is 4.98 Å². The Morgan fingerprint density at radius 2 is 1.81 bits per heavy atom. The maximum Gasteiger partial charge on any atom is 0.354 e. The average Bonchev–Trinajstić information content (AvgIpc) is 3.09. The number of aromatic nitrogens is 3. The summed E-state index contributed by atoms with van der Waals surface area (Å²) in [7, 11) is 1.66. The van der Waals surface area contributed by atoms with Gasteiger partial charge < -0.3 is 14.7 Å². The molecule has 1 fully saturated rings. The number of fused-ring (bicyclic) bond motifs is 2. The van der Waals surface area contributed by atoms with Gasteiger partial charge in [0.15, 0.2) is 11.6 Å². The number of pyridine rings is 1. The summed E-state index contributed by atoms with van der Waals surface area (Å²) in [4.78, 5) is 40.6. The molecule has 43 heavy (non-hydrogen) atoms. The lowest BCUT2D eigenvalue weighted by Crippen LogP contribution is -2.57. The van der Waals surface area contributed by atoms with E-state index in [0.29, 0.717) is 23.5 Å². The van der Waals surface area contributed by atoms with Crippen molar-refractivity contribution in [3.63, 3.8) is 0 Å². The normalized spacial score (nSPS) is 16.5. The Bertz CT molecular complexity index is 1870. The van der Waals surface area contributed by atoms with Crippen LogP contribution >= 0.6 is 0 Å². The molecule has 222 valence electrons. The number of aryl methyl sites for hydroxylation is 1. The van der Waals surface area contributed by atoms with Crippen molar-refractivity contribution in [2.24, 2.45) is 0 Å². The summed E-state index contributed by atoms with van der Waals surface area (Å²) in [5.41, 5.74) is -0.298. The summed E-state index contributed by atoms with van der Waals surface area (Å²) in [5.74, 6) is -3.11. The van der Waals surface area contributed by atoms with Gasteiger partial charge in [0.25, 0.3) is 0 Å². The zero-order valence-corrected chi connectivity index (χ0v) is 24.4. The molecule has 0 bridgehead atoms. The molecular weight excluding hydrogens is 557 g/mol. The van der Waals surface area contributed by atoms with E-state index in [-0.39, 0.29) is 59.4 Å². The van der Waals surface area contributed by atoms with Crippen LogP contribution in [0, 0.1) is 24.4 Å². The molecule has 11 heteroatoms. The van der Waals surface area contributed by atoms with Crippen molar-refractivity contribution in [2.75, 3.05) is 43.0 Å². The number of anilines is 2. The number of hydrogen-bond acceptors (Lipinski definition) is 6. The first-order valence-corrected chi connectivity index (χ1v) is 14.1. The number of carbonyl (C=O) groups excluding carboxylic acids is 1. The highest BCUT2D eigenvalue weighted by atomic mass is 19.1. The van der Waals surface area contributed by atoms with Gasteiger partial charge in [0.2, 0.25) is 5.91 Å². The number of benzene rings is 2. The Labute approximate surface area is 246 Å². The van der Waals surface area contributed by atoms with Crippen molar-refractivity contribution in [3.8, 4) is 16.8 Å². The topological polar surface area (TPSA) is 74.6 Å². The first-order chi connectivity index (χ1) is 20.5. The van der Waals surface area contributed by atoms with Gasteiger partial charge in [-0.05, 0) is 36.6 Å². The van der Waals surface area contributed by atoms with E-state index >= 15 is 13.2 Å². The molecule has 1 unspecified atom stereocenters. The van der Waals surface area contributed by atoms with Crippen LogP contribution in [0.4, 0.5) is 24.7 Å². The van der Waals surface area contributed by atoms with Crippen molar-refractivity contribution in [3.05, 3.63) is 88.4 Å². The quantitative estimate of drug-likeness (QED) is 0.314. The lowest BCUT2D eigenvalue weighted by Gasteiger charge is -2.41. The molecule has 0 N–H and O–H groups in total. The summed E-state index contributed by atoms with van der Waals surface area (Å²) in [6.45, 7) is 10.3. The Kier molecular flexibility index (Phi) is 6.98. The molecule has 0 saturated carbocycles. The Morgan fingerprint density at radius 3 is 2.51 bits per heavy atom. The Hall–Kier alpha value is -4.67. The number of nitrogens with zero attached hydrogens (tertiary/aromatic N) is 6. The van der Waals surface area contributed by atoms with Crippen LogP contribution in [0.5, 0.6) is 0 Å². The number of hydrogen-bond donors (Lipinski definition) is 0. The molecule has 0 radical (unpaired) electrons. The van der Waals surface area contributed by atoms with E-state index in [1.165, 1.54) is 24.3 Å². The predicted octanol–water partition coefficient (Wildman–Crippen LogP) is 4.95. The van der Waals surface area contributed by atoms with E-state index in [9.17, 15) is 9.59 Å². The maximum atomic E-state index is 17.1. The summed E-state index contributed by atoms with van der Waals surface area (Å²) in [5, 5.41) is 0.0983. The van der Waals surface area contributed by atoms with Gasteiger partial charge in [0, 0.05) is 45.0 Å². The molecule has 1 atom stereocenters. The summed E-state index contributed by atoms with van der Waals surface area (Å²) in [6.07, 6.45) is 2.85. The third kappa shape index (κ3) is 4.36. The summed E-state index contributed by atoms with van der Waals surface area (Å²) in [6, 6.07) is 6.71. The van der Waals surface area contributed by atoms with Gasteiger partial charge in [-0.25, -0.2) is 18.0 Å². The van der Waals surface area contributed by atoms with E-state index in [1.807, 2.05) is 18.7 Å². The minimum atomic E-state index is -1.08. The van der Waals surface area contributed by atoms with Crippen molar-refractivity contribution in [2.45, 2.75) is 32.7 Å². The first kappa shape index (κ1) is 28.4. The van der Waals surface area contributed by atoms with Crippen LogP contribution in [0.15, 0.2) is 54.0 Å². The van der Waals surface area contributed by atoms with Gasteiger partial charge in [0.05, 0.1) is 34.1 Å².